The van der Waals surface area contributed by atoms with Crippen molar-refractivity contribution < 1.29 is 14.6 Å². The van der Waals surface area contributed by atoms with Gasteiger partial charge in [-0.05, 0) is 68.1 Å². The average molecular weight is 372 g/mol. The standard InChI is InChI=1S/C23H33NO3/c1-13-11-24-12-15-6-4-14-5-7-16-17(19(25)27-3)10-22(18(14)16)20(24)23(13,26)9-8-21(15,22)2/h13,15-17,20,26H,4-12H2,1-3H3/t13-,15-,16-,17-,20-,21+,22+,23+/m1/s1. The summed E-state index contributed by atoms with van der Waals surface area (Å²) in [5, 5.41) is 12.0. The van der Waals surface area contributed by atoms with Crippen LogP contribution in [0.25, 0.3) is 0 Å². The Balaban J connectivity index is 1.62. The first-order valence-corrected chi connectivity index (χ1v) is 11.1. The molecule has 2 saturated carbocycles. The van der Waals surface area contributed by atoms with Gasteiger partial charge in [-0.25, -0.2) is 0 Å². The average Bonchev–Trinajstić information content (AvgIpc) is 3.26. The second kappa shape index (κ2) is 4.99. The third-order valence-electron chi connectivity index (χ3n) is 10.4. The summed E-state index contributed by atoms with van der Waals surface area (Å²) in [5.41, 5.74) is 2.90. The van der Waals surface area contributed by atoms with Crippen LogP contribution in [0.4, 0.5) is 0 Å². The predicted molar refractivity (Wildman–Crippen MR) is 102 cm³/mol. The van der Waals surface area contributed by atoms with E-state index in [9.17, 15) is 9.90 Å². The number of allylic oxidation sites excluding steroid dienone is 1. The van der Waals surface area contributed by atoms with Gasteiger partial charge in [0.15, 0.2) is 0 Å². The van der Waals surface area contributed by atoms with Crippen LogP contribution in [0.15, 0.2) is 11.1 Å². The molecule has 6 rings (SSSR count). The number of carbonyl (C=O) groups is 1. The van der Waals surface area contributed by atoms with Crippen LogP contribution in [-0.4, -0.2) is 47.8 Å². The molecule has 0 unspecified atom stereocenters. The molecular formula is C23H33NO3. The van der Waals surface area contributed by atoms with E-state index >= 15 is 0 Å². The van der Waals surface area contributed by atoms with E-state index in [2.05, 4.69) is 18.7 Å². The molecule has 6 aliphatic rings. The van der Waals surface area contributed by atoms with Gasteiger partial charge >= 0.3 is 5.97 Å². The monoisotopic (exact) mass is 371 g/mol. The van der Waals surface area contributed by atoms with Crippen molar-refractivity contribution in [1.82, 2.24) is 4.90 Å². The Bertz CT molecular complexity index is 761. The number of rotatable bonds is 1. The van der Waals surface area contributed by atoms with Gasteiger partial charge in [0, 0.05) is 24.5 Å². The van der Waals surface area contributed by atoms with Gasteiger partial charge < -0.3 is 9.84 Å². The minimum absolute atomic E-state index is 0.00113. The van der Waals surface area contributed by atoms with Gasteiger partial charge in [0.25, 0.3) is 0 Å². The first-order chi connectivity index (χ1) is 12.9. The maximum atomic E-state index is 12.8. The molecule has 2 saturated heterocycles. The van der Waals surface area contributed by atoms with E-state index in [1.165, 1.54) is 19.3 Å². The van der Waals surface area contributed by atoms with Crippen molar-refractivity contribution >= 4 is 5.97 Å². The highest BCUT2D eigenvalue weighted by molar-refractivity contribution is 5.75. The number of piperidine rings is 1. The molecule has 27 heavy (non-hydrogen) atoms. The lowest BCUT2D eigenvalue weighted by Crippen LogP contribution is -2.71. The van der Waals surface area contributed by atoms with Crippen molar-refractivity contribution in [2.75, 3.05) is 20.2 Å². The Kier molecular flexibility index (Phi) is 3.15. The van der Waals surface area contributed by atoms with Crippen molar-refractivity contribution in [2.24, 2.45) is 34.5 Å². The fourth-order valence-corrected chi connectivity index (χ4v) is 9.29. The number of ether oxygens (including phenoxy) is 1. The number of esters is 1. The highest BCUT2D eigenvalue weighted by Crippen LogP contribution is 2.77. The van der Waals surface area contributed by atoms with Crippen LogP contribution in [0.5, 0.6) is 0 Å². The van der Waals surface area contributed by atoms with Gasteiger partial charge in [-0.3, -0.25) is 9.69 Å². The van der Waals surface area contributed by atoms with Crippen molar-refractivity contribution in [3.05, 3.63) is 11.1 Å². The molecule has 4 fully saturated rings. The van der Waals surface area contributed by atoms with E-state index in [1.807, 2.05) is 0 Å². The number of hydrogen-bond donors (Lipinski definition) is 1. The highest BCUT2D eigenvalue weighted by Gasteiger charge is 2.77. The molecule has 1 spiro atoms. The minimum atomic E-state index is -0.592. The van der Waals surface area contributed by atoms with E-state index in [-0.39, 0.29) is 28.8 Å². The van der Waals surface area contributed by atoms with Crippen LogP contribution in [0.3, 0.4) is 0 Å². The molecule has 148 valence electrons. The fraction of sp³-hybridized carbons (Fsp3) is 0.870. The first-order valence-electron chi connectivity index (χ1n) is 11.1. The third kappa shape index (κ3) is 1.66. The number of carbonyl (C=O) groups excluding carboxylic acids is 1. The zero-order valence-electron chi connectivity index (χ0n) is 17.0. The molecule has 0 radical (unpaired) electrons. The van der Waals surface area contributed by atoms with Crippen molar-refractivity contribution in [2.45, 2.75) is 70.4 Å². The normalized spacial score (nSPS) is 55.5. The van der Waals surface area contributed by atoms with Crippen LogP contribution in [-0.2, 0) is 9.53 Å². The van der Waals surface area contributed by atoms with Crippen LogP contribution in [0, 0.1) is 34.5 Å². The zero-order valence-corrected chi connectivity index (χ0v) is 17.0. The largest absolute Gasteiger partial charge is 0.469 e. The van der Waals surface area contributed by atoms with E-state index in [4.69, 9.17) is 4.74 Å². The van der Waals surface area contributed by atoms with Crippen LogP contribution < -0.4 is 0 Å². The summed E-state index contributed by atoms with van der Waals surface area (Å²) < 4.78 is 5.29. The Labute approximate surface area is 162 Å². The number of methoxy groups -OCH3 is 1. The van der Waals surface area contributed by atoms with Gasteiger partial charge in [-0.2, -0.15) is 0 Å². The lowest BCUT2D eigenvalue weighted by atomic mass is 9.43. The topological polar surface area (TPSA) is 49.8 Å². The molecule has 0 aromatic heterocycles. The zero-order chi connectivity index (χ0) is 18.8. The van der Waals surface area contributed by atoms with Gasteiger partial charge in [-0.15, -0.1) is 0 Å². The molecule has 0 amide bonds. The molecule has 2 aliphatic heterocycles. The van der Waals surface area contributed by atoms with Gasteiger partial charge in [-0.1, -0.05) is 25.0 Å². The van der Waals surface area contributed by atoms with E-state index in [1.54, 1.807) is 18.3 Å². The molecule has 4 bridgehead atoms. The SMILES string of the molecule is COC(=O)[C@@H]1C[C@@]23C4=C(CC[C@@H]5CN6C[C@@H](C)[C@@](O)(CC[C@@]52C)[C@H]63)CC[C@@H]41. The van der Waals surface area contributed by atoms with Crippen LogP contribution >= 0.6 is 0 Å². The summed E-state index contributed by atoms with van der Waals surface area (Å²) in [6.07, 6.45) is 7.75. The van der Waals surface area contributed by atoms with Gasteiger partial charge in [0.1, 0.15) is 0 Å². The first kappa shape index (κ1) is 17.0. The Hall–Kier alpha value is -0.870. The van der Waals surface area contributed by atoms with Crippen LogP contribution in [0.1, 0.15) is 58.8 Å². The highest BCUT2D eigenvalue weighted by atomic mass is 16.5. The lowest BCUT2D eigenvalue weighted by Gasteiger charge is -2.67. The number of hydrogen-bond acceptors (Lipinski definition) is 4. The maximum absolute atomic E-state index is 12.8. The second-order valence-corrected chi connectivity index (χ2v) is 10.9. The third-order valence-corrected chi connectivity index (χ3v) is 10.4. The Morgan fingerprint density at radius 2 is 2.00 bits per heavy atom. The van der Waals surface area contributed by atoms with E-state index in [0.717, 1.165) is 38.8 Å². The fourth-order valence-electron chi connectivity index (χ4n) is 9.29. The summed E-state index contributed by atoms with van der Waals surface area (Å²) in [4.78, 5) is 15.5. The molecular weight excluding hydrogens is 338 g/mol. The molecule has 0 aromatic rings. The summed E-state index contributed by atoms with van der Waals surface area (Å²) >= 11 is 0. The van der Waals surface area contributed by atoms with Gasteiger partial charge in [0.2, 0.25) is 0 Å². The number of aliphatic hydroxyl groups is 1. The molecule has 1 N–H and O–H groups in total. The summed E-state index contributed by atoms with van der Waals surface area (Å²) in [6, 6.07) is 0.202. The summed E-state index contributed by atoms with van der Waals surface area (Å²) in [6.45, 7) is 6.95. The Morgan fingerprint density at radius 1 is 1.22 bits per heavy atom. The van der Waals surface area contributed by atoms with E-state index < -0.39 is 5.60 Å². The molecule has 4 nitrogen and oxygen atoms in total. The number of nitrogens with zero attached hydrogens (tertiary/aromatic N) is 1. The Morgan fingerprint density at radius 3 is 2.78 bits per heavy atom. The van der Waals surface area contributed by atoms with Crippen molar-refractivity contribution in [1.29, 1.82) is 0 Å². The van der Waals surface area contributed by atoms with Crippen molar-refractivity contribution in [3.8, 4) is 0 Å². The van der Waals surface area contributed by atoms with Crippen molar-refractivity contribution in [3.63, 3.8) is 0 Å². The smallest absolute Gasteiger partial charge is 0.309 e. The van der Waals surface area contributed by atoms with Crippen LogP contribution in [0.2, 0.25) is 0 Å². The maximum Gasteiger partial charge on any atom is 0.309 e. The minimum Gasteiger partial charge on any atom is -0.469 e. The molecule has 2 heterocycles. The lowest BCUT2D eigenvalue weighted by molar-refractivity contribution is -0.198. The molecule has 0 aromatic carbocycles. The predicted octanol–water partition coefficient (Wildman–Crippen LogP) is 3.15. The molecule has 4 aliphatic carbocycles. The quantitative estimate of drug-likeness (QED) is 0.568. The summed E-state index contributed by atoms with van der Waals surface area (Å²) in [7, 11) is 1.55. The van der Waals surface area contributed by atoms with Gasteiger partial charge in [0.05, 0.1) is 18.6 Å². The van der Waals surface area contributed by atoms with E-state index in [0.29, 0.717) is 17.8 Å². The molecule has 4 heteroatoms. The summed E-state index contributed by atoms with van der Waals surface area (Å²) in [5.74, 6) is 1.36. The second-order valence-electron chi connectivity index (χ2n) is 10.9. The molecule has 8 atom stereocenters.